The lowest BCUT2D eigenvalue weighted by molar-refractivity contribution is 0.579. The van der Waals surface area contributed by atoms with Crippen LogP contribution in [-0.4, -0.2) is 16.1 Å². The molecule has 0 fully saturated rings. The highest BCUT2D eigenvalue weighted by atomic mass is 16.1. The molecule has 2 aromatic heterocycles. The summed E-state index contributed by atoms with van der Waals surface area (Å²) in [5.74, 6) is 0. The van der Waals surface area contributed by atoms with Gasteiger partial charge in [-0.3, -0.25) is 9.78 Å². The van der Waals surface area contributed by atoms with Crippen molar-refractivity contribution in [1.82, 2.24) is 14.9 Å². The molecule has 2 rings (SSSR count). The Bertz CT molecular complexity index is 548. The molecule has 4 heteroatoms. The molecular formula is C14H17N3O. The molecule has 0 unspecified atom stereocenters. The average Bonchev–Trinajstić information content (AvgIpc) is 2.40. The number of nitrogens with one attached hydrogen (secondary N) is 1. The fourth-order valence-corrected chi connectivity index (χ4v) is 1.75. The van der Waals surface area contributed by atoms with Crippen LogP contribution in [0.4, 0.5) is 0 Å². The molecule has 0 bridgehead atoms. The van der Waals surface area contributed by atoms with Gasteiger partial charge in [-0.2, -0.15) is 0 Å². The summed E-state index contributed by atoms with van der Waals surface area (Å²) in [6, 6.07) is 9.58. The minimum absolute atomic E-state index is 0.0807. The van der Waals surface area contributed by atoms with Gasteiger partial charge in [0, 0.05) is 37.6 Å². The first-order valence-corrected chi connectivity index (χ1v) is 6.04. The van der Waals surface area contributed by atoms with Gasteiger partial charge in [0.2, 0.25) is 0 Å². The van der Waals surface area contributed by atoms with Crippen LogP contribution in [0.1, 0.15) is 11.3 Å². The van der Waals surface area contributed by atoms with E-state index in [9.17, 15) is 4.79 Å². The van der Waals surface area contributed by atoms with E-state index in [0.29, 0.717) is 6.54 Å². The Hall–Kier alpha value is -1.94. The van der Waals surface area contributed by atoms with Gasteiger partial charge >= 0.3 is 0 Å². The van der Waals surface area contributed by atoms with Gasteiger partial charge in [-0.15, -0.1) is 0 Å². The fraction of sp³-hybridized carbons (Fsp3) is 0.286. The van der Waals surface area contributed by atoms with E-state index in [1.807, 2.05) is 43.5 Å². The monoisotopic (exact) mass is 243 g/mol. The van der Waals surface area contributed by atoms with E-state index in [2.05, 4.69) is 10.3 Å². The van der Waals surface area contributed by atoms with Crippen molar-refractivity contribution in [2.24, 2.45) is 0 Å². The second-order valence-corrected chi connectivity index (χ2v) is 4.19. The Morgan fingerprint density at radius 1 is 1.28 bits per heavy atom. The van der Waals surface area contributed by atoms with Crippen LogP contribution in [-0.2, 0) is 13.1 Å². The zero-order valence-corrected chi connectivity index (χ0v) is 10.5. The predicted octanol–water partition coefficient (Wildman–Crippen LogP) is 1.34. The summed E-state index contributed by atoms with van der Waals surface area (Å²) >= 11 is 0. The molecule has 4 nitrogen and oxygen atoms in total. The molecule has 0 atom stereocenters. The van der Waals surface area contributed by atoms with E-state index in [-0.39, 0.29) is 5.56 Å². The highest BCUT2D eigenvalue weighted by molar-refractivity contribution is 5.07. The molecule has 0 saturated carbocycles. The van der Waals surface area contributed by atoms with Crippen molar-refractivity contribution in [2.75, 3.05) is 6.54 Å². The van der Waals surface area contributed by atoms with Crippen LogP contribution < -0.4 is 10.9 Å². The summed E-state index contributed by atoms with van der Waals surface area (Å²) in [6.45, 7) is 3.98. The van der Waals surface area contributed by atoms with Crippen molar-refractivity contribution in [3.63, 3.8) is 0 Å². The standard InChI is InChI=1S/C14H17N3O/c1-12-5-4-9-17(14(12)18)10-8-15-11-13-6-2-3-7-16-13/h2-7,9,15H,8,10-11H2,1H3. The van der Waals surface area contributed by atoms with E-state index < -0.39 is 0 Å². The van der Waals surface area contributed by atoms with Gasteiger partial charge in [-0.1, -0.05) is 12.1 Å². The summed E-state index contributed by atoms with van der Waals surface area (Å²) in [6.07, 6.45) is 3.60. The van der Waals surface area contributed by atoms with Crippen LogP contribution >= 0.6 is 0 Å². The molecule has 1 N–H and O–H groups in total. The first-order chi connectivity index (χ1) is 8.77. The maximum absolute atomic E-state index is 11.8. The van der Waals surface area contributed by atoms with E-state index in [1.165, 1.54) is 0 Å². The SMILES string of the molecule is Cc1cccn(CCNCc2ccccn2)c1=O. The Labute approximate surface area is 106 Å². The molecule has 0 amide bonds. The number of aromatic nitrogens is 2. The lowest BCUT2D eigenvalue weighted by atomic mass is 10.3. The number of pyridine rings is 2. The van der Waals surface area contributed by atoms with Gasteiger partial charge in [-0.25, -0.2) is 0 Å². The Kier molecular flexibility index (Phi) is 4.25. The third-order valence-corrected chi connectivity index (χ3v) is 2.77. The summed E-state index contributed by atoms with van der Waals surface area (Å²) in [4.78, 5) is 16.0. The second-order valence-electron chi connectivity index (χ2n) is 4.19. The topological polar surface area (TPSA) is 46.9 Å². The van der Waals surface area contributed by atoms with E-state index in [0.717, 1.165) is 24.3 Å². The van der Waals surface area contributed by atoms with Gasteiger partial charge in [0.15, 0.2) is 0 Å². The van der Waals surface area contributed by atoms with Crippen LogP contribution in [0.2, 0.25) is 0 Å². The largest absolute Gasteiger partial charge is 0.314 e. The molecule has 0 spiro atoms. The smallest absolute Gasteiger partial charge is 0.253 e. The Morgan fingerprint density at radius 3 is 2.94 bits per heavy atom. The molecule has 0 saturated heterocycles. The Morgan fingerprint density at radius 2 is 2.17 bits per heavy atom. The maximum atomic E-state index is 11.8. The zero-order valence-electron chi connectivity index (χ0n) is 10.5. The fourth-order valence-electron chi connectivity index (χ4n) is 1.75. The van der Waals surface area contributed by atoms with Crippen LogP contribution in [0.5, 0.6) is 0 Å². The van der Waals surface area contributed by atoms with Crippen molar-refractivity contribution in [3.05, 3.63) is 64.3 Å². The second kappa shape index (κ2) is 6.12. The molecule has 0 aliphatic carbocycles. The minimum atomic E-state index is 0.0807. The molecule has 0 radical (unpaired) electrons. The molecule has 0 aromatic carbocycles. The van der Waals surface area contributed by atoms with Gasteiger partial charge < -0.3 is 9.88 Å². The van der Waals surface area contributed by atoms with Crippen LogP contribution in [0.25, 0.3) is 0 Å². The average molecular weight is 243 g/mol. The van der Waals surface area contributed by atoms with Gasteiger partial charge in [-0.05, 0) is 25.1 Å². The number of hydrogen-bond acceptors (Lipinski definition) is 3. The first-order valence-electron chi connectivity index (χ1n) is 6.04. The summed E-state index contributed by atoms with van der Waals surface area (Å²) in [7, 11) is 0. The third-order valence-electron chi connectivity index (χ3n) is 2.77. The van der Waals surface area contributed by atoms with Crippen LogP contribution in [0, 0.1) is 6.92 Å². The van der Waals surface area contributed by atoms with Crippen LogP contribution in [0.15, 0.2) is 47.5 Å². The molecule has 2 heterocycles. The van der Waals surface area contributed by atoms with Crippen molar-refractivity contribution in [1.29, 1.82) is 0 Å². The van der Waals surface area contributed by atoms with Gasteiger partial charge in [0.1, 0.15) is 0 Å². The summed E-state index contributed by atoms with van der Waals surface area (Å²) < 4.78 is 1.72. The molecule has 18 heavy (non-hydrogen) atoms. The van der Waals surface area contributed by atoms with Gasteiger partial charge in [0.05, 0.1) is 5.69 Å². The lowest BCUT2D eigenvalue weighted by Crippen LogP contribution is -2.27. The lowest BCUT2D eigenvalue weighted by Gasteiger charge is -2.07. The molecular weight excluding hydrogens is 226 g/mol. The quantitative estimate of drug-likeness (QED) is 0.806. The number of nitrogens with zero attached hydrogens (tertiary/aromatic N) is 2. The van der Waals surface area contributed by atoms with Crippen molar-refractivity contribution in [3.8, 4) is 0 Å². The number of rotatable bonds is 5. The summed E-state index contributed by atoms with van der Waals surface area (Å²) in [5.41, 5.74) is 1.87. The molecule has 0 aliphatic heterocycles. The van der Waals surface area contributed by atoms with Gasteiger partial charge in [0.25, 0.3) is 5.56 Å². The van der Waals surface area contributed by atoms with Crippen molar-refractivity contribution < 1.29 is 0 Å². The third kappa shape index (κ3) is 3.28. The first kappa shape index (κ1) is 12.5. The highest BCUT2D eigenvalue weighted by Crippen LogP contribution is 1.92. The zero-order chi connectivity index (χ0) is 12.8. The highest BCUT2D eigenvalue weighted by Gasteiger charge is 1.98. The van der Waals surface area contributed by atoms with E-state index in [1.54, 1.807) is 10.8 Å². The predicted molar refractivity (Wildman–Crippen MR) is 71.4 cm³/mol. The Balaban J connectivity index is 1.82. The maximum Gasteiger partial charge on any atom is 0.253 e. The van der Waals surface area contributed by atoms with Crippen molar-refractivity contribution >= 4 is 0 Å². The molecule has 0 aliphatic rings. The normalized spacial score (nSPS) is 10.5. The van der Waals surface area contributed by atoms with E-state index >= 15 is 0 Å². The number of hydrogen-bond donors (Lipinski definition) is 1. The molecule has 2 aromatic rings. The number of aryl methyl sites for hydroxylation is 1. The summed E-state index contributed by atoms with van der Waals surface area (Å²) in [5, 5.41) is 3.27. The minimum Gasteiger partial charge on any atom is -0.314 e. The van der Waals surface area contributed by atoms with E-state index in [4.69, 9.17) is 0 Å². The van der Waals surface area contributed by atoms with Crippen molar-refractivity contribution in [2.45, 2.75) is 20.0 Å². The van der Waals surface area contributed by atoms with Crippen LogP contribution in [0.3, 0.4) is 0 Å². The molecule has 94 valence electrons.